The average Bonchev–Trinajstić information content (AvgIpc) is 2.30. The Bertz CT molecular complexity index is 619. The Morgan fingerprint density at radius 2 is 2.11 bits per heavy atom. The van der Waals surface area contributed by atoms with Crippen LogP contribution < -0.4 is 14.8 Å². The normalized spacial score (nSPS) is 10.4. The number of ether oxygens (including phenoxy) is 1. The number of nitrogens with zero attached hydrogens (tertiary/aromatic N) is 1. The van der Waals surface area contributed by atoms with E-state index in [1.165, 1.54) is 19.2 Å². The van der Waals surface area contributed by atoms with Gasteiger partial charge < -0.3 is 10.1 Å². The van der Waals surface area contributed by atoms with Gasteiger partial charge in [0.15, 0.2) is 0 Å². The van der Waals surface area contributed by atoms with Crippen LogP contribution in [0.2, 0.25) is 0 Å². The molecule has 1 aromatic rings. The summed E-state index contributed by atoms with van der Waals surface area (Å²) in [6.45, 7) is 0. The van der Waals surface area contributed by atoms with Gasteiger partial charge in [-0.15, -0.1) is 0 Å². The molecule has 0 radical (unpaired) electrons. The molecular formula is C11H13N3O4S. The lowest BCUT2D eigenvalue weighted by Crippen LogP contribution is -2.15. The number of anilines is 2. The smallest absolute Gasteiger partial charge is 0.238 e. The molecule has 0 bridgehead atoms. The Labute approximate surface area is 111 Å². The quantitative estimate of drug-likeness (QED) is 0.835. The van der Waals surface area contributed by atoms with Crippen LogP contribution in [0.15, 0.2) is 18.2 Å². The van der Waals surface area contributed by atoms with Gasteiger partial charge in [0.05, 0.1) is 30.8 Å². The summed E-state index contributed by atoms with van der Waals surface area (Å²) >= 11 is 0. The number of hydrogen-bond acceptors (Lipinski definition) is 5. The number of sulfonamides is 1. The van der Waals surface area contributed by atoms with E-state index in [4.69, 9.17) is 10.00 Å². The molecular weight excluding hydrogens is 270 g/mol. The monoisotopic (exact) mass is 283 g/mol. The van der Waals surface area contributed by atoms with Gasteiger partial charge in [-0.2, -0.15) is 5.26 Å². The largest absolute Gasteiger partial charge is 0.497 e. The van der Waals surface area contributed by atoms with E-state index in [1.807, 2.05) is 0 Å². The lowest BCUT2D eigenvalue weighted by Gasteiger charge is -2.12. The zero-order valence-electron chi connectivity index (χ0n) is 10.4. The van der Waals surface area contributed by atoms with Crippen LogP contribution >= 0.6 is 0 Å². The molecule has 0 saturated carbocycles. The van der Waals surface area contributed by atoms with Crippen LogP contribution in [0.5, 0.6) is 5.75 Å². The summed E-state index contributed by atoms with van der Waals surface area (Å²) in [6.07, 6.45) is 0.674. The fraction of sp³-hybridized carbons (Fsp3) is 0.273. The lowest BCUT2D eigenvalue weighted by molar-refractivity contribution is -0.115. The Kier molecular flexibility index (Phi) is 4.72. The second kappa shape index (κ2) is 6.06. The van der Waals surface area contributed by atoms with Crippen molar-refractivity contribution in [2.24, 2.45) is 0 Å². The molecule has 0 aliphatic rings. The molecule has 0 aliphatic heterocycles. The molecule has 1 aromatic carbocycles. The van der Waals surface area contributed by atoms with Gasteiger partial charge in [0.2, 0.25) is 15.9 Å². The van der Waals surface area contributed by atoms with Crippen molar-refractivity contribution in [1.29, 1.82) is 5.26 Å². The highest BCUT2D eigenvalue weighted by molar-refractivity contribution is 7.92. The standard InChI is InChI=1S/C11H13N3O4S/c1-18-8-3-4-9(14-19(2,16)17)10(7-8)13-11(15)5-6-12/h3-4,7,14H,5H2,1-2H3,(H,13,15). The molecule has 0 atom stereocenters. The van der Waals surface area contributed by atoms with Crippen molar-refractivity contribution in [3.63, 3.8) is 0 Å². The zero-order valence-corrected chi connectivity index (χ0v) is 11.2. The first-order chi connectivity index (χ1) is 8.85. The number of methoxy groups -OCH3 is 1. The minimum Gasteiger partial charge on any atom is -0.497 e. The van der Waals surface area contributed by atoms with E-state index in [0.717, 1.165) is 6.26 Å². The van der Waals surface area contributed by atoms with Gasteiger partial charge in [-0.1, -0.05) is 0 Å². The van der Waals surface area contributed by atoms with Gasteiger partial charge in [0, 0.05) is 6.07 Å². The maximum atomic E-state index is 11.4. The summed E-state index contributed by atoms with van der Waals surface area (Å²) in [7, 11) is -2.03. The van der Waals surface area contributed by atoms with Gasteiger partial charge in [0.25, 0.3) is 0 Å². The molecule has 0 fully saturated rings. The Balaban J connectivity index is 3.09. The maximum Gasteiger partial charge on any atom is 0.238 e. The molecule has 0 aliphatic carbocycles. The van der Waals surface area contributed by atoms with Crippen molar-refractivity contribution in [1.82, 2.24) is 0 Å². The van der Waals surface area contributed by atoms with Crippen LogP contribution in [-0.2, 0) is 14.8 Å². The van der Waals surface area contributed by atoms with E-state index in [9.17, 15) is 13.2 Å². The predicted molar refractivity (Wildman–Crippen MR) is 70.3 cm³/mol. The van der Waals surface area contributed by atoms with Crippen LogP contribution in [0.1, 0.15) is 6.42 Å². The number of hydrogen-bond donors (Lipinski definition) is 2. The van der Waals surface area contributed by atoms with Crippen LogP contribution in [-0.4, -0.2) is 27.7 Å². The van der Waals surface area contributed by atoms with Crippen molar-refractivity contribution in [3.05, 3.63) is 18.2 Å². The first kappa shape index (κ1) is 14.8. The van der Waals surface area contributed by atoms with Crippen LogP contribution in [0.3, 0.4) is 0 Å². The van der Waals surface area contributed by atoms with Crippen molar-refractivity contribution < 1.29 is 17.9 Å². The molecule has 7 nitrogen and oxygen atoms in total. The number of carbonyl (C=O) groups is 1. The highest BCUT2D eigenvalue weighted by Crippen LogP contribution is 2.27. The van der Waals surface area contributed by atoms with Gasteiger partial charge in [-0.05, 0) is 12.1 Å². The maximum absolute atomic E-state index is 11.4. The summed E-state index contributed by atoms with van der Waals surface area (Å²) in [5, 5.41) is 10.9. The zero-order chi connectivity index (χ0) is 14.5. The summed E-state index contributed by atoms with van der Waals surface area (Å²) in [5.41, 5.74) is 0.430. The highest BCUT2D eigenvalue weighted by Gasteiger charge is 2.11. The van der Waals surface area contributed by atoms with Crippen LogP contribution in [0, 0.1) is 11.3 Å². The van der Waals surface area contributed by atoms with Crippen molar-refractivity contribution in [2.45, 2.75) is 6.42 Å². The summed E-state index contributed by atoms with van der Waals surface area (Å²) < 4.78 is 29.7. The molecule has 2 N–H and O–H groups in total. The molecule has 1 amide bonds. The minimum absolute atomic E-state index is 0.203. The minimum atomic E-state index is -3.47. The number of nitrogens with one attached hydrogen (secondary N) is 2. The molecule has 102 valence electrons. The highest BCUT2D eigenvalue weighted by atomic mass is 32.2. The molecule has 19 heavy (non-hydrogen) atoms. The fourth-order valence-corrected chi connectivity index (χ4v) is 1.89. The molecule has 0 saturated heterocycles. The first-order valence-electron chi connectivity index (χ1n) is 5.18. The van der Waals surface area contributed by atoms with Gasteiger partial charge in [0.1, 0.15) is 12.2 Å². The Morgan fingerprint density at radius 1 is 1.42 bits per heavy atom. The lowest BCUT2D eigenvalue weighted by atomic mass is 10.2. The molecule has 0 aromatic heterocycles. The molecule has 0 spiro atoms. The van der Waals surface area contributed by atoms with E-state index in [-0.39, 0.29) is 17.8 Å². The SMILES string of the molecule is COc1ccc(NS(C)(=O)=O)c(NC(=O)CC#N)c1. The fourth-order valence-electron chi connectivity index (χ4n) is 1.31. The molecule has 0 heterocycles. The number of amides is 1. The Morgan fingerprint density at radius 3 is 2.63 bits per heavy atom. The van der Waals surface area contributed by atoms with E-state index < -0.39 is 15.9 Å². The van der Waals surface area contributed by atoms with Crippen LogP contribution in [0.4, 0.5) is 11.4 Å². The number of carbonyl (C=O) groups excluding carboxylic acids is 1. The van der Waals surface area contributed by atoms with E-state index in [1.54, 1.807) is 12.1 Å². The summed E-state index contributed by atoms with van der Waals surface area (Å²) in [6, 6.07) is 6.17. The predicted octanol–water partition coefficient (Wildman–Crippen LogP) is 0.919. The van der Waals surface area contributed by atoms with Crippen molar-refractivity contribution in [3.8, 4) is 11.8 Å². The average molecular weight is 283 g/mol. The van der Waals surface area contributed by atoms with Crippen molar-refractivity contribution >= 4 is 27.3 Å². The third-order valence-electron chi connectivity index (χ3n) is 2.04. The van der Waals surface area contributed by atoms with E-state index in [2.05, 4.69) is 10.0 Å². The molecule has 8 heteroatoms. The van der Waals surface area contributed by atoms with Crippen LogP contribution in [0.25, 0.3) is 0 Å². The third kappa shape index (κ3) is 4.85. The second-order valence-corrected chi connectivity index (χ2v) is 5.42. The summed E-state index contributed by atoms with van der Waals surface area (Å²) in [5.74, 6) is -0.0846. The topological polar surface area (TPSA) is 108 Å². The van der Waals surface area contributed by atoms with Gasteiger partial charge in [-0.25, -0.2) is 8.42 Å². The number of rotatable bonds is 5. The molecule has 1 rings (SSSR count). The Hall–Kier alpha value is -2.27. The van der Waals surface area contributed by atoms with Crippen molar-refractivity contribution in [2.75, 3.05) is 23.4 Å². The first-order valence-corrected chi connectivity index (χ1v) is 7.07. The summed E-state index contributed by atoms with van der Waals surface area (Å²) in [4.78, 5) is 11.4. The number of nitriles is 1. The van der Waals surface area contributed by atoms with Gasteiger partial charge >= 0.3 is 0 Å². The van der Waals surface area contributed by atoms with Gasteiger partial charge in [-0.3, -0.25) is 9.52 Å². The third-order valence-corrected chi connectivity index (χ3v) is 2.63. The number of benzene rings is 1. The molecule has 0 unspecified atom stereocenters. The second-order valence-electron chi connectivity index (χ2n) is 3.67. The van der Waals surface area contributed by atoms with E-state index >= 15 is 0 Å². The van der Waals surface area contributed by atoms with E-state index in [0.29, 0.717) is 5.75 Å².